The summed E-state index contributed by atoms with van der Waals surface area (Å²) in [5.41, 5.74) is 0.113. The minimum Gasteiger partial charge on any atom is -0.488 e. The van der Waals surface area contributed by atoms with E-state index in [0.717, 1.165) is 0 Å². The van der Waals surface area contributed by atoms with Crippen molar-refractivity contribution in [2.45, 2.75) is 19.4 Å². The number of hydrogen-bond acceptors (Lipinski definition) is 6. The molecule has 1 aromatic carbocycles. The summed E-state index contributed by atoms with van der Waals surface area (Å²) < 4.78 is 21.3. The van der Waals surface area contributed by atoms with E-state index in [9.17, 15) is 9.59 Å². The molecular formula is C18H17NO6. The van der Waals surface area contributed by atoms with Crippen LogP contribution in [-0.4, -0.2) is 36.8 Å². The molecule has 1 saturated heterocycles. The number of rotatable bonds is 3. The van der Waals surface area contributed by atoms with Gasteiger partial charge >= 0.3 is 5.63 Å². The fourth-order valence-electron chi connectivity index (χ4n) is 3.06. The van der Waals surface area contributed by atoms with Crippen molar-refractivity contribution in [3.05, 3.63) is 52.1 Å². The van der Waals surface area contributed by atoms with Crippen LogP contribution >= 0.6 is 0 Å². The highest BCUT2D eigenvalue weighted by atomic mass is 16.7. The highest BCUT2D eigenvalue weighted by molar-refractivity contribution is 5.95. The second kappa shape index (κ2) is 6.16. The first-order valence-electron chi connectivity index (χ1n) is 8.06. The zero-order valence-corrected chi connectivity index (χ0v) is 13.7. The Labute approximate surface area is 143 Å². The highest BCUT2D eigenvalue weighted by Crippen LogP contribution is 2.33. The van der Waals surface area contributed by atoms with Crippen molar-refractivity contribution in [1.82, 2.24) is 4.90 Å². The Morgan fingerprint density at radius 3 is 2.88 bits per heavy atom. The normalized spacial score (nSPS) is 18.4. The number of ether oxygens (including phenoxy) is 3. The van der Waals surface area contributed by atoms with Gasteiger partial charge in [0, 0.05) is 24.6 Å². The van der Waals surface area contributed by atoms with Crippen LogP contribution in [0.3, 0.4) is 0 Å². The van der Waals surface area contributed by atoms with Gasteiger partial charge in [0.1, 0.15) is 17.6 Å². The van der Waals surface area contributed by atoms with Gasteiger partial charge in [0.05, 0.1) is 12.6 Å². The second-order valence-electron chi connectivity index (χ2n) is 6.07. The van der Waals surface area contributed by atoms with Crippen LogP contribution in [0.1, 0.15) is 22.5 Å². The molecule has 1 fully saturated rings. The van der Waals surface area contributed by atoms with Crippen molar-refractivity contribution in [3.63, 3.8) is 0 Å². The summed E-state index contributed by atoms with van der Waals surface area (Å²) in [6.45, 7) is 2.93. The molecule has 0 saturated carbocycles. The monoisotopic (exact) mass is 343 g/mol. The van der Waals surface area contributed by atoms with Gasteiger partial charge in [0.25, 0.3) is 5.91 Å². The van der Waals surface area contributed by atoms with Crippen LogP contribution in [-0.2, 0) is 0 Å². The SMILES string of the molecule is Cc1cc(OC2CCN(C(=O)c3ccc4c(c3)OCO4)C2)cc(=O)o1. The number of aryl methyl sites for hydroxylation is 1. The van der Waals surface area contributed by atoms with Gasteiger partial charge in [-0.1, -0.05) is 0 Å². The van der Waals surface area contributed by atoms with E-state index in [4.69, 9.17) is 18.6 Å². The first-order chi connectivity index (χ1) is 12.1. The quantitative estimate of drug-likeness (QED) is 0.848. The third-order valence-corrected chi connectivity index (χ3v) is 4.22. The molecule has 130 valence electrons. The van der Waals surface area contributed by atoms with Gasteiger partial charge in [0.2, 0.25) is 6.79 Å². The number of carbonyl (C=O) groups excluding carboxylic acids is 1. The molecule has 0 radical (unpaired) electrons. The zero-order chi connectivity index (χ0) is 17.4. The average Bonchev–Trinajstić information content (AvgIpc) is 3.21. The van der Waals surface area contributed by atoms with E-state index in [1.165, 1.54) is 6.07 Å². The van der Waals surface area contributed by atoms with Crippen molar-refractivity contribution >= 4 is 5.91 Å². The molecule has 2 aliphatic rings. The first-order valence-corrected chi connectivity index (χ1v) is 8.06. The summed E-state index contributed by atoms with van der Waals surface area (Å²) >= 11 is 0. The van der Waals surface area contributed by atoms with Crippen LogP contribution < -0.4 is 19.8 Å². The third kappa shape index (κ3) is 3.17. The Balaban J connectivity index is 1.43. The van der Waals surface area contributed by atoms with E-state index in [2.05, 4.69) is 0 Å². The van der Waals surface area contributed by atoms with Gasteiger partial charge in [0.15, 0.2) is 11.5 Å². The number of carbonyl (C=O) groups is 1. The van der Waals surface area contributed by atoms with Crippen LogP contribution in [0.2, 0.25) is 0 Å². The van der Waals surface area contributed by atoms with Crippen molar-refractivity contribution in [2.75, 3.05) is 19.9 Å². The van der Waals surface area contributed by atoms with Gasteiger partial charge in [-0.2, -0.15) is 0 Å². The molecule has 3 heterocycles. The Hall–Kier alpha value is -2.96. The molecule has 0 aliphatic carbocycles. The molecule has 0 bridgehead atoms. The zero-order valence-electron chi connectivity index (χ0n) is 13.7. The van der Waals surface area contributed by atoms with Gasteiger partial charge < -0.3 is 23.5 Å². The summed E-state index contributed by atoms with van der Waals surface area (Å²) in [6, 6.07) is 8.16. The summed E-state index contributed by atoms with van der Waals surface area (Å²) in [5, 5.41) is 0. The summed E-state index contributed by atoms with van der Waals surface area (Å²) in [6.07, 6.45) is 0.550. The largest absolute Gasteiger partial charge is 0.488 e. The van der Waals surface area contributed by atoms with Gasteiger partial charge in [-0.15, -0.1) is 0 Å². The van der Waals surface area contributed by atoms with Crippen molar-refractivity contribution in [2.24, 2.45) is 0 Å². The molecule has 1 atom stereocenters. The van der Waals surface area contributed by atoms with Crippen LogP contribution in [0.4, 0.5) is 0 Å². The van der Waals surface area contributed by atoms with Crippen LogP contribution in [0.15, 0.2) is 39.5 Å². The number of fused-ring (bicyclic) bond motifs is 1. The third-order valence-electron chi connectivity index (χ3n) is 4.22. The highest BCUT2D eigenvalue weighted by Gasteiger charge is 2.29. The van der Waals surface area contributed by atoms with E-state index in [1.54, 1.807) is 36.1 Å². The van der Waals surface area contributed by atoms with Crippen molar-refractivity contribution < 1.29 is 23.4 Å². The predicted octanol–water partition coefficient (Wildman–Crippen LogP) is 1.97. The van der Waals surface area contributed by atoms with Gasteiger partial charge in [-0.05, 0) is 25.1 Å². The average molecular weight is 343 g/mol. The van der Waals surface area contributed by atoms with Crippen LogP contribution in [0.25, 0.3) is 0 Å². The summed E-state index contributed by atoms with van der Waals surface area (Å²) in [4.78, 5) is 25.8. The lowest BCUT2D eigenvalue weighted by atomic mass is 10.2. The fraction of sp³-hybridized carbons (Fsp3) is 0.333. The Bertz CT molecular complexity index is 874. The lowest BCUT2D eigenvalue weighted by Gasteiger charge is -2.17. The minimum absolute atomic E-state index is 0.0758. The molecule has 0 N–H and O–H groups in total. The first kappa shape index (κ1) is 15.6. The fourth-order valence-corrected chi connectivity index (χ4v) is 3.06. The molecule has 1 aromatic heterocycles. The van der Waals surface area contributed by atoms with Crippen LogP contribution in [0, 0.1) is 6.92 Å². The minimum atomic E-state index is -0.443. The number of likely N-dealkylation sites (tertiary alicyclic amines) is 1. The number of nitrogens with zero attached hydrogens (tertiary/aromatic N) is 1. The molecule has 2 aliphatic heterocycles. The van der Waals surface area contributed by atoms with E-state index >= 15 is 0 Å². The molecule has 0 spiro atoms. The van der Waals surface area contributed by atoms with Crippen molar-refractivity contribution in [3.8, 4) is 17.2 Å². The predicted molar refractivity (Wildman–Crippen MR) is 87.2 cm³/mol. The molecule has 7 nitrogen and oxygen atoms in total. The smallest absolute Gasteiger partial charge is 0.339 e. The maximum Gasteiger partial charge on any atom is 0.339 e. The molecule has 25 heavy (non-hydrogen) atoms. The second-order valence-corrected chi connectivity index (χ2v) is 6.07. The molecule has 1 unspecified atom stereocenters. The Kier molecular flexibility index (Phi) is 3.83. The lowest BCUT2D eigenvalue weighted by Crippen LogP contribution is -2.31. The number of amides is 1. The molecular weight excluding hydrogens is 326 g/mol. The molecule has 4 rings (SSSR count). The van der Waals surface area contributed by atoms with Gasteiger partial charge in [-0.3, -0.25) is 4.79 Å². The number of hydrogen-bond donors (Lipinski definition) is 0. The maximum atomic E-state index is 12.7. The van der Waals surface area contributed by atoms with E-state index < -0.39 is 5.63 Å². The molecule has 1 amide bonds. The number of benzene rings is 1. The van der Waals surface area contributed by atoms with E-state index in [1.807, 2.05) is 0 Å². The summed E-state index contributed by atoms with van der Waals surface area (Å²) in [5.74, 6) is 2.12. The van der Waals surface area contributed by atoms with E-state index in [-0.39, 0.29) is 18.8 Å². The Morgan fingerprint density at radius 2 is 2.04 bits per heavy atom. The molecule has 7 heteroatoms. The van der Waals surface area contributed by atoms with Gasteiger partial charge in [-0.25, -0.2) is 4.79 Å². The van der Waals surface area contributed by atoms with E-state index in [0.29, 0.717) is 48.1 Å². The Morgan fingerprint density at radius 1 is 1.20 bits per heavy atom. The molecule has 2 aromatic rings. The standard InChI is InChI=1S/C18H17NO6/c1-11-6-14(8-17(20)24-11)25-13-4-5-19(9-13)18(21)12-2-3-15-16(7-12)23-10-22-15/h2-3,6-8,13H,4-5,9-10H2,1H3. The van der Waals surface area contributed by atoms with Crippen molar-refractivity contribution in [1.29, 1.82) is 0 Å². The summed E-state index contributed by atoms with van der Waals surface area (Å²) in [7, 11) is 0. The van der Waals surface area contributed by atoms with Crippen LogP contribution in [0.5, 0.6) is 17.2 Å². The lowest BCUT2D eigenvalue weighted by molar-refractivity contribution is 0.0771. The topological polar surface area (TPSA) is 78.2 Å². The maximum absolute atomic E-state index is 12.7.